The second kappa shape index (κ2) is 22.4. The number of ketones is 2. The average molecular weight is 552 g/mol. The number of nitrogens with one attached hydrogen (secondary N) is 3. The molecule has 0 aliphatic rings. The van der Waals surface area contributed by atoms with Gasteiger partial charge >= 0.3 is 5.97 Å². The second-order valence-electron chi connectivity index (χ2n) is 8.68. The SMILES string of the molecule is CC.CC(C)C(=O)CCOCCNC(=O)CCC=O.CNc1cc(C(=O)NCC(=O)O)cc(C(=O)C(C)C)c1. The Kier molecular flexibility index (Phi) is 21.6. The molecule has 11 heteroatoms. The molecule has 4 N–H and O–H groups in total. The standard InChI is InChI=1S/C14H18N2O4.C12H21NO4.C2H6/c1-8(2)13(19)9-4-10(6-11(5-9)15-3)14(20)16-7-12(17)18;1-10(2)11(15)5-8-17-9-6-13-12(16)4-3-7-14;1-2/h4-6,8,15H,7H2,1-3H3,(H,16,20)(H,17,18);7,10H,3-6,8-9H2,1-2H3,(H,13,16);1-2H3. The molecule has 0 heterocycles. The van der Waals surface area contributed by atoms with Crippen LogP contribution in [-0.2, 0) is 23.9 Å². The van der Waals surface area contributed by atoms with Gasteiger partial charge in [0, 0.05) is 61.5 Å². The van der Waals surface area contributed by atoms with Crippen LogP contribution in [0, 0.1) is 11.8 Å². The third-order valence-electron chi connectivity index (χ3n) is 4.89. The van der Waals surface area contributed by atoms with E-state index < -0.39 is 18.4 Å². The van der Waals surface area contributed by atoms with Gasteiger partial charge in [-0.05, 0) is 18.2 Å². The molecule has 0 fully saturated rings. The van der Waals surface area contributed by atoms with Crippen LogP contribution >= 0.6 is 0 Å². The number of rotatable bonds is 16. The Balaban J connectivity index is 0. The Labute approximate surface area is 231 Å². The minimum Gasteiger partial charge on any atom is -0.480 e. The Morgan fingerprint density at radius 1 is 0.897 bits per heavy atom. The fraction of sp³-hybridized carbons (Fsp3) is 0.571. The van der Waals surface area contributed by atoms with Crippen LogP contribution in [0.3, 0.4) is 0 Å². The zero-order chi connectivity index (χ0) is 30.4. The van der Waals surface area contributed by atoms with Gasteiger partial charge in [0.25, 0.3) is 5.91 Å². The molecule has 0 unspecified atom stereocenters. The van der Waals surface area contributed by atoms with Crippen molar-refractivity contribution in [3.63, 3.8) is 0 Å². The number of hydrogen-bond donors (Lipinski definition) is 4. The monoisotopic (exact) mass is 551 g/mol. The number of carboxylic acids is 1. The first kappa shape index (κ1) is 37.6. The molecule has 2 amide bonds. The highest BCUT2D eigenvalue weighted by Gasteiger charge is 2.15. The van der Waals surface area contributed by atoms with E-state index in [0.717, 1.165) is 0 Å². The van der Waals surface area contributed by atoms with Gasteiger partial charge in [-0.15, -0.1) is 0 Å². The van der Waals surface area contributed by atoms with Crippen LogP contribution in [0.1, 0.15) is 81.5 Å². The number of ether oxygens (including phenoxy) is 1. The quantitative estimate of drug-likeness (QED) is 0.137. The first-order valence-corrected chi connectivity index (χ1v) is 13.1. The summed E-state index contributed by atoms with van der Waals surface area (Å²) in [6.07, 6.45) is 1.59. The molecule has 0 spiro atoms. The number of aldehydes is 1. The molecule has 1 aromatic carbocycles. The molecule has 220 valence electrons. The molecule has 0 saturated heterocycles. The topological polar surface area (TPSA) is 168 Å². The number of carboxylic acid groups (broad SMARTS) is 1. The van der Waals surface area contributed by atoms with E-state index in [0.29, 0.717) is 43.7 Å². The number of amides is 2. The highest BCUT2D eigenvalue weighted by Crippen LogP contribution is 2.18. The lowest BCUT2D eigenvalue weighted by Crippen LogP contribution is -2.29. The van der Waals surface area contributed by atoms with Crippen LogP contribution in [0.2, 0.25) is 0 Å². The number of benzene rings is 1. The Morgan fingerprint density at radius 2 is 1.51 bits per heavy atom. The predicted molar refractivity (Wildman–Crippen MR) is 150 cm³/mol. The fourth-order valence-corrected chi connectivity index (χ4v) is 2.74. The van der Waals surface area contributed by atoms with Gasteiger partial charge in [-0.3, -0.25) is 24.0 Å². The van der Waals surface area contributed by atoms with Crippen molar-refractivity contribution < 1.29 is 38.6 Å². The smallest absolute Gasteiger partial charge is 0.322 e. The van der Waals surface area contributed by atoms with Gasteiger partial charge in [0.2, 0.25) is 5.91 Å². The highest BCUT2D eigenvalue weighted by atomic mass is 16.5. The van der Waals surface area contributed by atoms with E-state index in [4.69, 9.17) is 9.84 Å². The van der Waals surface area contributed by atoms with Crippen LogP contribution in [0.5, 0.6) is 0 Å². The number of carbonyl (C=O) groups excluding carboxylic acids is 5. The summed E-state index contributed by atoms with van der Waals surface area (Å²) in [6.45, 7) is 12.0. The molecule has 1 aromatic rings. The molecule has 0 atom stereocenters. The average Bonchev–Trinajstić information content (AvgIpc) is 2.92. The number of hydrogen-bond acceptors (Lipinski definition) is 8. The third-order valence-corrected chi connectivity index (χ3v) is 4.89. The van der Waals surface area contributed by atoms with Crippen molar-refractivity contribution in [1.82, 2.24) is 10.6 Å². The zero-order valence-electron chi connectivity index (χ0n) is 24.2. The van der Waals surface area contributed by atoms with Crippen LogP contribution in [0.15, 0.2) is 18.2 Å². The van der Waals surface area contributed by atoms with E-state index in [1.54, 1.807) is 33.0 Å². The van der Waals surface area contributed by atoms with Gasteiger partial charge in [0.15, 0.2) is 5.78 Å². The molecule has 0 aliphatic carbocycles. The van der Waals surface area contributed by atoms with Crippen LogP contribution < -0.4 is 16.0 Å². The maximum absolute atomic E-state index is 12.0. The summed E-state index contributed by atoms with van der Waals surface area (Å²) >= 11 is 0. The van der Waals surface area contributed by atoms with E-state index in [-0.39, 0.29) is 47.7 Å². The minimum absolute atomic E-state index is 0.0432. The summed E-state index contributed by atoms with van der Waals surface area (Å²) in [5.41, 5.74) is 1.30. The highest BCUT2D eigenvalue weighted by molar-refractivity contribution is 6.03. The normalized spacial score (nSPS) is 9.87. The van der Waals surface area contributed by atoms with Crippen LogP contribution in [0.25, 0.3) is 0 Å². The van der Waals surface area contributed by atoms with Crippen molar-refractivity contribution in [3.05, 3.63) is 29.3 Å². The Hall–Kier alpha value is -3.60. The van der Waals surface area contributed by atoms with Crippen molar-refractivity contribution in [2.75, 3.05) is 38.7 Å². The van der Waals surface area contributed by atoms with Crippen molar-refractivity contribution in [2.45, 2.75) is 60.8 Å². The van der Waals surface area contributed by atoms with E-state index in [1.807, 2.05) is 27.7 Å². The molecule has 11 nitrogen and oxygen atoms in total. The molecule has 0 aromatic heterocycles. The van der Waals surface area contributed by atoms with E-state index in [9.17, 15) is 28.8 Å². The van der Waals surface area contributed by atoms with Crippen molar-refractivity contribution in [3.8, 4) is 0 Å². The molecular formula is C28H45N3O8. The Morgan fingerprint density at radius 3 is 2.03 bits per heavy atom. The first-order chi connectivity index (χ1) is 18.4. The van der Waals surface area contributed by atoms with E-state index in [2.05, 4.69) is 16.0 Å². The van der Waals surface area contributed by atoms with Gasteiger partial charge in [-0.25, -0.2) is 0 Å². The number of Topliss-reactive ketones (excluding diaryl/α,β-unsaturated/α-hetero) is 2. The van der Waals surface area contributed by atoms with Gasteiger partial charge in [0.05, 0.1) is 13.2 Å². The van der Waals surface area contributed by atoms with Gasteiger partial charge in [0.1, 0.15) is 18.6 Å². The molecular weight excluding hydrogens is 506 g/mol. The molecule has 0 aliphatic heterocycles. The van der Waals surface area contributed by atoms with Gasteiger partial charge in [-0.1, -0.05) is 41.5 Å². The summed E-state index contributed by atoms with van der Waals surface area (Å²) in [5.74, 6) is -1.84. The molecule has 0 saturated carbocycles. The molecule has 1 rings (SSSR count). The maximum Gasteiger partial charge on any atom is 0.322 e. The lowest BCUT2D eigenvalue weighted by molar-refractivity contribution is -0.135. The van der Waals surface area contributed by atoms with Crippen molar-refractivity contribution >= 4 is 41.3 Å². The van der Waals surface area contributed by atoms with Gasteiger partial charge in [-0.2, -0.15) is 0 Å². The maximum atomic E-state index is 12.0. The van der Waals surface area contributed by atoms with Crippen LogP contribution in [0.4, 0.5) is 5.69 Å². The third kappa shape index (κ3) is 18.3. The summed E-state index contributed by atoms with van der Waals surface area (Å²) in [6, 6.07) is 4.70. The largest absolute Gasteiger partial charge is 0.480 e. The van der Waals surface area contributed by atoms with E-state index in [1.165, 1.54) is 6.07 Å². The first-order valence-electron chi connectivity index (χ1n) is 13.1. The predicted octanol–water partition coefficient (Wildman–Crippen LogP) is 3.12. The number of carbonyl (C=O) groups is 6. The summed E-state index contributed by atoms with van der Waals surface area (Å²) < 4.78 is 5.20. The van der Waals surface area contributed by atoms with Gasteiger partial charge < -0.3 is 30.6 Å². The Bertz CT molecular complexity index is 929. The van der Waals surface area contributed by atoms with Crippen molar-refractivity contribution in [1.29, 1.82) is 0 Å². The molecule has 0 bridgehead atoms. The zero-order valence-corrected chi connectivity index (χ0v) is 24.2. The lowest BCUT2D eigenvalue weighted by Gasteiger charge is -2.10. The second-order valence-corrected chi connectivity index (χ2v) is 8.68. The van der Waals surface area contributed by atoms with Crippen molar-refractivity contribution in [2.24, 2.45) is 11.8 Å². The minimum atomic E-state index is -1.12. The number of anilines is 1. The van der Waals surface area contributed by atoms with Crippen LogP contribution in [-0.4, -0.2) is 74.1 Å². The molecule has 39 heavy (non-hydrogen) atoms. The summed E-state index contributed by atoms with van der Waals surface area (Å²) in [7, 11) is 1.68. The number of aliphatic carboxylic acids is 1. The molecule has 0 radical (unpaired) electrons. The lowest BCUT2D eigenvalue weighted by atomic mass is 9.98. The fourth-order valence-electron chi connectivity index (χ4n) is 2.74. The van der Waals surface area contributed by atoms with E-state index >= 15 is 0 Å². The summed E-state index contributed by atoms with van der Waals surface area (Å²) in [5, 5.41) is 16.3. The summed E-state index contributed by atoms with van der Waals surface area (Å²) in [4.78, 5) is 66.6.